The molecular formula is C21H22O4S2. The normalized spacial score (nSPS) is 22.5. The molecule has 1 aliphatic carbocycles. The van der Waals surface area contributed by atoms with Crippen LogP contribution in [-0.2, 0) is 19.7 Å². The molecule has 3 rings (SSSR count). The average Bonchev–Trinajstić information content (AvgIpc) is 2.97. The molecule has 2 aromatic carbocycles. The zero-order valence-electron chi connectivity index (χ0n) is 15.1. The summed E-state index contributed by atoms with van der Waals surface area (Å²) in [4.78, 5) is -0.0174. The molecule has 0 N–H and O–H groups in total. The fraction of sp³-hybridized carbons (Fsp3) is 0.238. The van der Waals surface area contributed by atoms with Crippen molar-refractivity contribution < 1.29 is 16.8 Å². The Morgan fingerprint density at radius 2 is 1.26 bits per heavy atom. The fourth-order valence-electron chi connectivity index (χ4n) is 3.64. The van der Waals surface area contributed by atoms with Crippen molar-refractivity contribution in [1.29, 1.82) is 0 Å². The van der Waals surface area contributed by atoms with Crippen LogP contribution >= 0.6 is 0 Å². The second-order valence-electron chi connectivity index (χ2n) is 7.12. The van der Waals surface area contributed by atoms with Gasteiger partial charge in [0.2, 0.25) is 0 Å². The largest absolute Gasteiger partial charge is 0.222 e. The van der Waals surface area contributed by atoms with Gasteiger partial charge in [0.1, 0.15) is 0 Å². The Labute approximate surface area is 161 Å². The van der Waals surface area contributed by atoms with Gasteiger partial charge in [-0.05, 0) is 30.7 Å². The zero-order valence-corrected chi connectivity index (χ0v) is 16.8. The highest BCUT2D eigenvalue weighted by Gasteiger charge is 2.63. The summed E-state index contributed by atoms with van der Waals surface area (Å²) >= 11 is 0. The molecule has 1 unspecified atom stereocenters. The van der Waals surface area contributed by atoms with Crippen molar-refractivity contribution >= 4 is 19.7 Å². The minimum atomic E-state index is -4.22. The molecule has 1 aliphatic rings. The van der Waals surface area contributed by atoms with Crippen molar-refractivity contribution in [2.45, 2.75) is 33.6 Å². The summed E-state index contributed by atoms with van der Waals surface area (Å²) in [6.07, 6.45) is 1.32. The summed E-state index contributed by atoms with van der Waals surface area (Å²) in [6, 6.07) is 15.5. The van der Waals surface area contributed by atoms with Crippen molar-refractivity contribution in [3.8, 4) is 0 Å². The first-order valence-electron chi connectivity index (χ1n) is 8.52. The maximum atomic E-state index is 13.7. The highest BCUT2D eigenvalue weighted by molar-refractivity contribution is 8.10. The second kappa shape index (κ2) is 6.46. The summed E-state index contributed by atoms with van der Waals surface area (Å²) in [7, 11) is -8.43. The Bertz CT molecular complexity index is 1020. The van der Waals surface area contributed by atoms with Crippen LogP contribution in [-0.4, -0.2) is 20.9 Å². The lowest BCUT2D eigenvalue weighted by atomic mass is 9.86. The lowest BCUT2D eigenvalue weighted by molar-refractivity contribution is 0.487. The van der Waals surface area contributed by atoms with E-state index in [1.807, 2.05) is 0 Å². The van der Waals surface area contributed by atoms with Crippen LogP contribution in [0.25, 0.3) is 0 Å². The highest BCUT2D eigenvalue weighted by atomic mass is 32.3. The number of rotatable bonds is 5. The van der Waals surface area contributed by atoms with Crippen LogP contribution in [0.5, 0.6) is 0 Å². The molecule has 0 aliphatic heterocycles. The predicted molar refractivity (Wildman–Crippen MR) is 107 cm³/mol. The fourth-order valence-corrected chi connectivity index (χ4v) is 8.97. The maximum Gasteiger partial charge on any atom is 0.199 e. The molecule has 0 aromatic heterocycles. The molecule has 4 nitrogen and oxygen atoms in total. The van der Waals surface area contributed by atoms with Crippen LogP contribution in [0.1, 0.15) is 19.8 Å². The monoisotopic (exact) mass is 402 g/mol. The van der Waals surface area contributed by atoms with E-state index in [0.29, 0.717) is 5.57 Å². The zero-order chi connectivity index (χ0) is 19.9. The highest BCUT2D eigenvalue weighted by Crippen LogP contribution is 2.56. The lowest BCUT2D eigenvalue weighted by Crippen LogP contribution is -2.45. The predicted octanol–water partition coefficient (Wildman–Crippen LogP) is 4.17. The summed E-state index contributed by atoms with van der Waals surface area (Å²) in [5, 5.41) is 0. The molecule has 0 amide bonds. The van der Waals surface area contributed by atoms with Crippen molar-refractivity contribution in [3.05, 3.63) is 85.5 Å². The van der Waals surface area contributed by atoms with Gasteiger partial charge in [-0.1, -0.05) is 61.5 Å². The summed E-state index contributed by atoms with van der Waals surface area (Å²) in [5.41, 5.74) is -0.236. The topological polar surface area (TPSA) is 68.3 Å². The number of benzene rings is 2. The van der Waals surface area contributed by atoms with Gasteiger partial charge in [0.15, 0.2) is 23.8 Å². The number of allylic oxidation sites excluding steroid dienone is 2. The molecule has 1 saturated carbocycles. The minimum absolute atomic E-state index is 0.00869. The third-order valence-corrected chi connectivity index (χ3v) is 11.1. The Hall–Kier alpha value is -2.18. The first-order chi connectivity index (χ1) is 12.6. The van der Waals surface area contributed by atoms with Gasteiger partial charge in [0.25, 0.3) is 0 Å². The molecule has 2 aromatic rings. The first kappa shape index (κ1) is 19.6. The second-order valence-corrected chi connectivity index (χ2v) is 11.9. The third-order valence-electron chi connectivity index (χ3n) is 5.46. The third kappa shape index (κ3) is 2.78. The van der Waals surface area contributed by atoms with E-state index in [1.54, 1.807) is 49.4 Å². The molecule has 0 radical (unpaired) electrons. The molecule has 6 heteroatoms. The van der Waals surface area contributed by atoms with Crippen LogP contribution in [0.2, 0.25) is 0 Å². The van der Waals surface area contributed by atoms with Crippen molar-refractivity contribution in [1.82, 2.24) is 0 Å². The molecular weight excluding hydrogens is 380 g/mol. The van der Waals surface area contributed by atoms with Crippen molar-refractivity contribution in [2.75, 3.05) is 0 Å². The Morgan fingerprint density at radius 1 is 0.852 bits per heavy atom. The molecule has 27 heavy (non-hydrogen) atoms. The van der Waals surface area contributed by atoms with Gasteiger partial charge < -0.3 is 0 Å². The molecule has 1 atom stereocenters. The van der Waals surface area contributed by atoms with Crippen LogP contribution in [0, 0.1) is 5.41 Å². The van der Waals surface area contributed by atoms with Gasteiger partial charge in [0.05, 0.1) is 9.79 Å². The summed E-state index contributed by atoms with van der Waals surface area (Å²) in [5.74, 6) is 0. The standard InChI is InChI=1S/C21H22O4S2/c1-4-20(3)16-21(15-17(20)2,26(22,23)18-11-7-5-8-12-18)27(24,25)19-13-9-6-10-14-19/h4-14H,1-2,15-16H2,3H3. The van der Waals surface area contributed by atoms with E-state index in [4.69, 9.17) is 0 Å². The van der Waals surface area contributed by atoms with E-state index >= 15 is 0 Å². The molecule has 0 heterocycles. The maximum absolute atomic E-state index is 13.7. The first-order valence-corrected chi connectivity index (χ1v) is 11.5. The molecule has 0 spiro atoms. The minimum Gasteiger partial charge on any atom is -0.222 e. The molecule has 0 bridgehead atoms. The van der Waals surface area contributed by atoms with Crippen molar-refractivity contribution in [2.24, 2.45) is 5.41 Å². The van der Waals surface area contributed by atoms with Crippen LogP contribution < -0.4 is 0 Å². The smallest absolute Gasteiger partial charge is 0.199 e. The lowest BCUT2D eigenvalue weighted by Gasteiger charge is -2.30. The van der Waals surface area contributed by atoms with E-state index in [-0.39, 0.29) is 22.6 Å². The van der Waals surface area contributed by atoms with E-state index in [9.17, 15) is 16.8 Å². The SMILES string of the molecule is C=CC1(C)CC(S(=O)(=O)c2ccccc2)(S(=O)(=O)c2ccccc2)CC1=C. The quantitative estimate of drug-likeness (QED) is 0.704. The molecule has 1 fully saturated rings. The number of hydrogen-bond donors (Lipinski definition) is 0. The Balaban J connectivity index is 2.34. The van der Waals surface area contributed by atoms with E-state index in [2.05, 4.69) is 13.2 Å². The van der Waals surface area contributed by atoms with Gasteiger partial charge in [-0.25, -0.2) is 16.8 Å². The number of hydrogen-bond acceptors (Lipinski definition) is 4. The van der Waals surface area contributed by atoms with Crippen LogP contribution in [0.15, 0.2) is 95.3 Å². The average molecular weight is 403 g/mol. The van der Waals surface area contributed by atoms with E-state index in [0.717, 1.165) is 0 Å². The van der Waals surface area contributed by atoms with Gasteiger partial charge in [-0.15, -0.1) is 6.58 Å². The Kier molecular flexibility index (Phi) is 4.68. The van der Waals surface area contributed by atoms with Gasteiger partial charge in [-0.3, -0.25) is 0 Å². The summed E-state index contributed by atoms with van der Waals surface area (Å²) < 4.78 is 52.7. The molecule has 142 valence electrons. The van der Waals surface area contributed by atoms with E-state index in [1.165, 1.54) is 24.3 Å². The van der Waals surface area contributed by atoms with Gasteiger partial charge in [0, 0.05) is 11.8 Å². The van der Waals surface area contributed by atoms with Crippen molar-refractivity contribution in [3.63, 3.8) is 0 Å². The van der Waals surface area contributed by atoms with E-state index < -0.39 is 29.2 Å². The van der Waals surface area contributed by atoms with Crippen LogP contribution in [0.3, 0.4) is 0 Å². The summed E-state index contributed by atoms with van der Waals surface area (Å²) in [6.45, 7) is 9.56. The molecule has 0 saturated heterocycles. The Morgan fingerprint density at radius 3 is 1.59 bits per heavy atom. The van der Waals surface area contributed by atoms with Gasteiger partial charge in [-0.2, -0.15) is 0 Å². The van der Waals surface area contributed by atoms with Gasteiger partial charge >= 0.3 is 0 Å². The number of sulfone groups is 2. The van der Waals surface area contributed by atoms with Crippen LogP contribution in [0.4, 0.5) is 0 Å².